The van der Waals surface area contributed by atoms with Crippen molar-refractivity contribution >= 4 is 27.7 Å². The molecule has 0 saturated heterocycles. The third-order valence-electron chi connectivity index (χ3n) is 4.89. The summed E-state index contributed by atoms with van der Waals surface area (Å²) in [5.74, 6) is 0. The number of benzene rings is 2. The SMILES string of the molecule is CC(C)(C)NC1CCC(OC(=O)Nc2ccc(Br)cc2-c2ccccc2)CC1. The Bertz CT molecular complexity index is 794. The molecule has 0 unspecified atom stereocenters. The van der Waals surface area contributed by atoms with Crippen LogP contribution in [0.4, 0.5) is 10.5 Å². The molecular weight excluding hydrogens is 416 g/mol. The van der Waals surface area contributed by atoms with E-state index < -0.39 is 0 Å². The summed E-state index contributed by atoms with van der Waals surface area (Å²) in [5.41, 5.74) is 2.88. The number of carbonyl (C=O) groups is 1. The van der Waals surface area contributed by atoms with Crippen molar-refractivity contribution in [2.24, 2.45) is 0 Å². The van der Waals surface area contributed by atoms with Crippen molar-refractivity contribution in [3.05, 3.63) is 53.0 Å². The van der Waals surface area contributed by atoms with Crippen LogP contribution >= 0.6 is 15.9 Å². The number of rotatable bonds is 4. The van der Waals surface area contributed by atoms with Crippen LogP contribution < -0.4 is 10.6 Å². The van der Waals surface area contributed by atoms with E-state index in [9.17, 15) is 4.79 Å². The van der Waals surface area contributed by atoms with E-state index in [1.807, 2.05) is 48.5 Å². The van der Waals surface area contributed by atoms with Gasteiger partial charge in [-0.1, -0.05) is 46.3 Å². The minimum atomic E-state index is -0.383. The topological polar surface area (TPSA) is 50.4 Å². The Morgan fingerprint density at radius 2 is 1.71 bits per heavy atom. The van der Waals surface area contributed by atoms with Gasteiger partial charge in [0.25, 0.3) is 0 Å². The first-order valence-corrected chi connectivity index (χ1v) is 10.7. The maximum absolute atomic E-state index is 12.5. The van der Waals surface area contributed by atoms with Crippen molar-refractivity contribution in [3.63, 3.8) is 0 Å². The van der Waals surface area contributed by atoms with E-state index in [1.165, 1.54) is 0 Å². The normalized spacial score (nSPS) is 19.9. The molecule has 28 heavy (non-hydrogen) atoms. The minimum absolute atomic E-state index is 0.0198. The molecule has 0 bridgehead atoms. The number of hydrogen-bond acceptors (Lipinski definition) is 3. The van der Waals surface area contributed by atoms with Crippen LogP contribution in [0.25, 0.3) is 11.1 Å². The van der Waals surface area contributed by atoms with Crippen molar-refractivity contribution < 1.29 is 9.53 Å². The van der Waals surface area contributed by atoms with Gasteiger partial charge in [-0.25, -0.2) is 4.79 Å². The van der Waals surface area contributed by atoms with E-state index in [1.54, 1.807) is 0 Å². The molecule has 0 heterocycles. The number of halogens is 1. The summed E-state index contributed by atoms with van der Waals surface area (Å²) < 4.78 is 6.67. The van der Waals surface area contributed by atoms with Crippen LogP contribution in [0.5, 0.6) is 0 Å². The van der Waals surface area contributed by atoms with Gasteiger partial charge >= 0.3 is 6.09 Å². The van der Waals surface area contributed by atoms with Crippen molar-refractivity contribution in [2.45, 2.75) is 64.1 Å². The molecule has 0 aromatic heterocycles. The highest BCUT2D eigenvalue weighted by Crippen LogP contribution is 2.31. The van der Waals surface area contributed by atoms with E-state index >= 15 is 0 Å². The Morgan fingerprint density at radius 1 is 1.04 bits per heavy atom. The number of amides is 1. The van der Waals surface area contributed by atoms with E-state index in [0.717, 1.165) is 47.0 Å². The third kappa shape index (κ3) is 6.08. The van der Waals surface area contributed by atoms with Gasteiger partial charge in [0.15, 0.2) is 0 Å². The Balaban J connectivity index is 1.59. The lowest BCUT2D eigenvalue weighted by molar-refractivity contribution is 0.0762. The molecule has 150 valence electrons. The molecule has 0 radical (unpaired) electrons. The van der Waals surface area contributed by atoms with Crippen molar-refractivity contribution in [2.75, 3.05) is 5.32 Å². The molecule has 0 spiro atoms. The molecule has 1 fully saturated rings. The van der Waals surface area contributed by atoms with Crippen LogP contribution in [0, 0.1) is 0 Å². The second kappa shape index (κ2) is 9.10. The maximum atomic E-state index is 12.5. The summed E-state index contributed by atoms with van der Waals surface area (Å²) >= 11 is 3.52. The highest BCUT2D eigenvalue weighted by molar-refractivity contribution is 9.10. The molecule has 2 aromatic rings. The number of carbonyl (C=O) groups excluding carboxylic acids is 1. The summed E-state index contributed by atoms with van der Waals surface area (Å²) in [4.78, 5) is 12.5. The standard InChI is InChI=1S/C23H29BrN2O2/c1-23(2,3)26-18-10-12-19(13-11-18)28-22(27)25-21-14-9-17(24)15-20(21)16-7-5-4-6-8-16/h4-9,14-15,18-19,26H,10-13H2,1-3H3,(H,25,27). The van der Waals surface area contributed by atoms with Crippen LogP contribution in [0.2, 0.25) is 0 Å². The summed E-state index contributed by atoms with van der Waals surface area (Å²) in [7, 11) is 0. The average molecular weight is 445 g/mol. The molecule has 5 heteroatoms. The van der Waals surface area contributed by atoms with Crippen LogP contribution in [0.3, 0.4) is 0 Å². The fourth-order valence-corrected chi connectivity index (χ4v) is 4.07. The largest absolute Gasteiger partial charge is 0.446 e. The molecule has 1 saturated carbocycles. The van der Waals surface area contributed by atoms with E-state index in [0.29, 0.717) is 6.04 Å². The zero-order chi connectivity index (χ0) is 20.1. The first kappa shape index (κ1) is 20.9. The lowest BCUT2D eigenvalue weighted by Gasteiger charge is -2.34. The number of anilines is 1. The fourth-order valence-electron chi connectivity index (χ4n) is 3.71. The summed E-state index contributed by atoms with van der Waals surface area (Å²) in [6, 6.07) is 16.3. The molecule has 2 aromatic carbocycles. The van der Waals surface area contributed by atoms with Gasteiger partial charge in [0.05, 0.1) is 5.69 Å². The van der Waals surface area contributed by atoms with E-state index in [2.05, 4.69) is 47.3 Å². The molecule has 0 atom stereocenters. The van der Waals surface area contributed by atoms with Crippen molar-refractivity contribution in [3.8, 4) is 11.1 Å². The zero-order valence-electron chi connectivity index (χ0n) is 16.8. The van der Waals surface area contributed by atoms with Gasteiger partial charge in [-0.15, -0.1) is 0 Å². The van der Waals surface area contributed by atoms with Gasteiger partial charge < -0.3 is 10.1 Å². The summed E-state index contributed by atoms with van der Waals surface area (Å²) in [6.07, 6.45) is 3.45. The average Bonchev–Trinajstić information content (AvgIpc) is 2.64. The summed E-state index contributed by atoms with van der Waals surface area (Å²) in [6.45, 7) is 6.56. The number of hydrogen-bond donors (Lipinski definition) is 2. The number of nitrogens with one attached hydrogen (secondary N) is 2. The zero-order valence-corrected chi connectivity index (χ0v) is 18.4. The molecule has 2 N–H and O–H groups in total. The molecule has 4 nitrogen and oxygen atoms in total. The van der Waals surface area contributed by atoms with Crippen LogP contribution in [-0.4, -0.2) is 23.8 Å². The Kier molecular flexibility index (Phi) is 6.78. The monoisotopic (exact) mass is 444 g/mol. The van der Waals surface area contributed by atoms with Gasteiger partial charge in [0, 0.05) is 21.6 Å². The predicted molar refractivity (Wildman–Crippen MR) is 119 cm³/mol. The molecule has 1 amide bonds. The third-order valence-corrected chi connectivity index (χ3v) is 5.38. The Labute approximate surface area is 176 Å². The second-order valence-electron chi connectivity index (χ2n) is 8.45. The molecule has 0 aliphatic heterocycles. The lowest BCUT2D eigenvalue weighted by Crippen LogP contribution is -2.46. The first-order valence-electron chi connectivity index (χ1n) is 9.90. The Morgan fingerprint density at radius 3 is 2.36 bits per heavy atom. The maximum Gasteiger partial charge on any atom is 0.411 e. The molecule has 1 aliphatic carbocycles. The summed E-state index contributed by atoms with van der Waals surface area (Å²) in [5, 5.41) is 6.58. The van der Waals surface area contributed by atoms with E-state index in [-0.39, 0.29) is 17.7 Å². The lowest BCUT2D eigenvalue weighted by atomic mass is 9.91. The smallest absolute Gasteiger partial charge is 0.411 e. The van der Waals surface area contributed by atoms with Gasteiger partial charge in [-0.05, 0) is 70.2 Å². The second-order valence-corrected chi connectivity index (χ2v) is 9.37. The van der Waals surface area contributed by atoms with Crippen LogP contribution in [-0.2, 0) is 4.74 Å². The highest BCUT2D eigenvalue weighted by atomic mass is 79.9. The molecular formula is C23H29BrN2O2. The van der Waals surface area contributed by atoms with Crippen molar-refractivity contribution in [1.29, 1.82) is 0 Å². The fraction of sp³-hybridized carbons (Fsp3) is 0.435. The predicted octanol–water partition coefficient (Wildman–Crippen LogP) is 6.36. The number of ether oxygens (including phenoxy) is 1. The van der Waals surface area contributed by atoms with Gasteiger partial charge in [-0.3, -0.25) is 5.32 Å². The first-order chi connectivity index (χ1) is 13.3. The van der Waals surface area contributed by atoms with Crippen LogP contribution in [0.1, 0.15) is 46.5 Å². The minimum Gasteiger partial charge on any atom is -0.446 e. The quantitative estimate of drug-likeness (QED) is 0.576. The molecule has 3 rings (SSSR count). The Hall–Kier alpha value is -1.85. The van der Waals surface area contributed by atoms with Gasteiger partial charge in [0.2, 0.25) is 0 Å². The van der Waals surface area contributed by atoms with Gasteiger partial charge in [-0.2, -0.15) is 0 Å². The highest BCUT2D eigenvalue weighted by Gasteiger charge is 2.26. The molecule has 1 aliphatic rings. The van der Waals surface area contributed by atoms with Gasteiger partial charge in [0.1, 0.15) is 6.10 Å². The van der Waals surface area contributed by atoms with Crippen molar-refractivity contribution in [1.82, 2.24) is 5.32 Å². The van der Waals surface area contributed by atoms with E-state index in [4.69, 9.17) is 4.74 Å². The van der Waals surface area contributed by atoms with Crippen LogP contribution in [0.15, 0.2) is 53.0 Å².